The summed E-state index contributed by atoms with van der Waals surface area (Å²) in [6.45, 7) is 5.11. The quantitative estimate of drug-likeness (QED) is 0.795. The summed E-state index contributed by atoms with van der Waals surface area (Å²) in [5, 5.41) is 2.91. The number of carbonyl (C=O) groups is 1. The van der Waals surface area contributed by atoms with E-state index < -0.39 is 0 Å². The third-order valence-corrected chi connectivity index (χ3v) is 4.63. The Morgan fingerprint density at radius 2 is 1.78 bits per heavy atom. The van der Waals surface area contributed by atoms with E-state index in [1.54, 1.807) is 11.8 Å². The van der Waals surface area contributed by atoms with E-state index in [4.69, 9.17) is 4.74 Å². The minimum atomic E-state index is -0.0714. The lowest BCUT2D eigenvalue weighted by Gasteiger charge is -2.12. The number of hydrogen-bond donors (Lipinski definition) is 1. The zero-order chi connectivity index (χ0) is 16.5. The van der Waals surface area contributed by atoms with E-state index in [0.29, 0.717) is 13.2 Å². The molecule has 0 aliphatic rings. The van der Waals surface area contributed by atoms with Crippen molar-refractivity contribution in [1.29, 1.82) is 0 Å². The highest BCUT2D eigenvalue weighted by molar-refractivity contribution is 7.99. The van der Waals surface area contributed by atoms with Gasteiger partial charge in [0.25, 0.3) is 0 Å². The monoisotopic (exact) mass is 329 g/mol. The molecule has 0 aromatic heterocycles. The third-order valence-electron chi connectivity index (χ3n) is 3.41. The highest BCUT2D eigenvalue weighted by Gasteiger charge is 2.12. The second-order valence-electron chi connectivity index (χ2n) is 5.23. The van der Waals surface area contributed by atoms with Crippen LogP contribution in [0.2, 0.25) is 0 Å². The van der Waals surface area contributed by atoms with Crippen LogP contribution in [0.3, 0.4) is 0 Å². The highest BCUT2D eigenvalue weighted by Crippen LogP contribution is 2.18. The van der Waals surface area contributed by atoms with Gasteiger partial charge in [0.2, 0.25) is 5.91 Å². The van der Waals surface area contributed by atoms with Gasteiger partial charge < -0.3 is 10.1 Å². The van der Waals surface area contributed by atoms with Gasteiger partial charge in [-0.2, -0.15) is 0 Å². The molecule has 0 unspecified atom stereocenters. The van der Waals surface area contributed by atoms with Crippen molar-refractivity contribution < 1.29 is 9.53 Å². The summed E-state index contributed by atoms with van der Waals surface area (Å²) in [6, 6.07) is 18.0. The van der Waals surface area contributed by atoms with E-state index in [1.165, 1.54) is 5.56 Å². The van der Waals surface area contributed by atoms with Crippen LogP contribution < -0.4 is 10.1 Å². The second kappa shape index (κ2) is 9.26. The molecule has 0 saturated heterocycles. The molecular formula is C19H23NO2S. The molecule has 3 nitrogen and oxygen atoms in total. The molecule has 23 heavy (non-hydrogen) atoms. The van der Waals surface area contributed by atoms with Gasteiger partial charge in [0.1, 0.15) is 5.75 Å². The lowest BCUT2D eigenvalue weighted by Crippen LogP contribution is -2.30. The fourth-order valence-electron chi connectivity index (χ4n) is 2.07. The van der Waals surface area contributed by atoms with Crippen molar-refractivity contribution in [1.82, 2.24) is 5.32 Å². The molecule has 1 N–H and O–H groups in total. The Hall–Kier alpha value is -1.94. The number of nitrogens with one attached hydrogen (secondary N) is 1. The summed E-state index contributed by atoms with van der Waals surface area (Å²) in [5.74, 6) is 1.77. The summed E-state index contributed by atoms with van der Waals surface area (Å²) in [4.78, 5) is 12.2. The van der Waals surface area contributed by atoms with E-state index >= 15 is 0 Å². The smallest absolute Gasteiger partial charge is 0.233 e. The molecule has 0 aliphatic heterocycles. The van der Waals surface area contributed by atoms with Crippen molar-refractivity contribution in [3.05, 3.63) is 65.7 Å². The molecule has 0 saturated carbocycles. The largest absolute Gasteiger partial charge is 0.494 e. The summed E-state index contributed by atoms with van der Waals surface area (Å²) in [7, 11) is 0. The van der Waals surface area contributed by atoms with E-state index in [-0.39, 0.29) is 11.2 Å². The highest BCUT2D eigenvalue weighted by atomic mass is 32.2. The zero-order valence-corrected chi connectivity index (χ0v) is 14.4. The number of ether oxygens (including phenoxy) is 1. The Kier molecular flexibility index (Phi) is 7.01. The second-order valence-corrected chi connectivity index (χ2v) is 6.56. The average Bonchev–Trinajstić information content (AvgIpc) is 2.60. The molecule has 1 atom stereocenters. The first-order valence-corrected chi connectivity index (χ1v) is 8.89. The van der Waals surface area contributed by atoms with E-state index in [9.17, 15) is 4.79 Å². The Morgan fingerprint density at radius 1 is 1.09 bits per heavy atom. The molecular weight excluding hydrogens is 306 g/mol. The van der Waals surface area contributed by atoms with Crippen molar-refractivity contribution in [3.8, 4) is 5.75 Å². The van der Waals surface area contributed by atoms with Gasteiger partial charge in [0.15, 0.2) is 0 Å². The number of rotatable bonds is 8. The van der Waals surface area contributed by atoms with Crippen LogP contribution >= 0.6 is 11.8 Å². The summed E-state index contributed by atoms with van der Waals surface area (Å²) in [6.07, 6.45) is 0. The molecule has 0 bridgehead atoms. The molecule has 0 spiro atoms. The Balaban J connectivity index is 1.75. The fourth-order valence-corrected chi connectivity index (χ4v) is 2.94. The Morgan fingerprint density at radius 3 is 2.43 bits per heavy atom. The minimum Gasteiger partial charge on any atom is -0.494 e. The van der Waals surface area contributed by atoms with Crippen LogP contribution in [0.25, 0.3) is 0 Å². The molecule has 2 aromatic rings. The van der Waals surface area contributed by atoms with Crippen molar-refractivity contribution >= 4 is 17.7 Å². The van der Waals surface area contributed by atoms with Gasteiger partial charge in [-0.15, -0.1) is 11.8 Å². The Bertz CT molecular complexity index is 599. The predicted molar refractivity (Wildman–Crippen MR) is 96.7 cm³/mol. The zero-order valence-electron chi connectivity index (χ0n) is 13.6. The van der Waals surface area contributed by atoms with Gasteiger partial charge in [-0.3, -0.25) is 4.79 Å². The molecule has 0 aliphatic carbocycles. The number of benzene rings is 2. The van der Waals surface area contributed by atoms with Gasteiger partial charge in [0.05, 0.1) is 11.9 Å². The number of carbonyl (C=O) groups excluding carboxylic acids is 1. The maximum atomic E-state index is 12.2. The third kappa shape index (κ3) is 5.99. The number of amides is 1. The van der Waals surface area contributed by atoms with Crippen LogP contribution in [0.15, 0.2) is 54.6 Å². The van der Waals surface area contributed by atoms with Crippen molar-refractivity contribution in [2.75, 3.05) is 6.61 Å². The molecule has 122 valence electrons. The van der Waals surface area contributed by atoms with Crippen molar-refractivity contribution in [2.24, 2.45) is 0 Å². The maximum Gasteiger partial charge on any atom is 0.233 e. The summed E-state index contributed by atoms with van der Waals surface area (Å²) >= 11 is 1.65. The standard InChI is InChI=1S/C19H23NO2S/c1-3-22-18-11-9-16(10-12-18)13-20-19(21)15(2)23-14-17-7-5-4-6-8-17/h4-12,15H,3,13-14H2,1-2H3,(H,20,21)/t15-/m1/s1. The topological polar surface area (TPSA) is 38.3 Å². The molecule has 2 aromatic carbocycles. The fraction of sp³-hybridized carbons (Fsp3) is 0.316. The van der Waals surface area contributed by atoms with Crippen LogP contribution in [0.4, 0.5) is 0 Å². The molecule has 0 fully saturated rings. The first-order valence-electron chi connectivity index (χ1n) is 7.84. The molecule has 0 radical (unpaired) electrons. The van der Waals surface area contributed by atoms with Gasteiger partial charge in [-0.25, -0.2) is 0 Å². The van der Waals surface area contributed by atoms with Crippen LogP contribution in [-0.2, 0) is 17.1 Å². The minimum absolute atomic E-state index is 0.0693. The van der Waals surface area contributed by atoms with E-state index in [0.717, 1.165) is 17.1 Å². The van der Waals surface area contributed by atoms with Crippen molar-refractivity contribution in [2.45, 2.75) is 31.4 Å². The molecule has 2 rings (SSSR count). The maximum absolute atomic E-state index is 12.2. The molecule has 4 heteroatoms. The Labute approximate surface area is 142 Å². The van der Waals surface area contributed by atoms with Gasteiger partial charge >= 0.3 is 0 Å². The molecule has 0 heterocycles. The van der Waals surface area contributed by atoms with E-state index in [1.807, 2.05) is 56.3 Å². The summed E-state index contributed by atoms with van der Waals surface area (Å²) in [5.41, 5.74) is 2.31. The SMILES string of the molecule is CCOc1ccc(CNC(=O)[C@@H](C)SCc2ccccc2)cc1. The van der Waals surface area contributed by atoms with Crippen LogP contribution in [0, 0.1) is 0 Å². The van der Waals surface area contributed by atoms with Gasteiger partial charge in [-0.1, -0.05) is 42.5 Å². The van der Waals surface area contributed by atoms with Crippen LogP contribution in [0.1, 0.15) is 25.0 Å². The van der Waals surface area contributed by atoms with Crippen LogP contribution in [0.5, 0.6) is 5.75 Å². The average molecular weight is 329 g/mol. The normalized spacial score (nSPS) is 11.7. The van der Waals surface area contributed by atoms with Crippen LogP contribution in [-0.4, -0.2) is 17.8 Å². The first kappa shape index (κ1) is 17.4. The van der Waals surface area contributed by atoms with E-state index in [2.05, 4.69) is 17.4 Å². The molecule has 1 amide bonds. The summed E-state index contributed by atoms with van der Waals surface area (Å²) < 4.78 is 5.41. The predicted octanol–water partition coefficient (Wildman–Crippen LogP) is 4.02. The number of thioether (sulfide) groups is 1. The first-order chi connectivity index (χ1) is 11.2. The van der Waals surface area contributed by atoms with Gasteiger partial charge in [0, 0.05) is 12.3 Å². The van der Waals surface area contributed by atoms with Crippen molar-refractivity contribution in [3.63, 3.8) is 0 Å². The van der Waals surface area contributed by atoms with Gasteiger partial charge in [-0.05, 0) is 37.1 Å². The lowest BCUT2D eigenvalue weighted by molar-refractivity contribution is -0.120. The lowest BCUT2D eigenvalue weighted by atomic mass is 10.2. The number of hydrogen-bond acceptors (Lipinski definition) is 3.